The average molecular weight is 211 g/mol. The van der Waals surface area contributed by atoms with Crippen molar-refractivity contribution < 1.29 is 4.39 Å². The van der Waals surface area contributed by atoms with E-state index in [0.717, 1.165) is 29.7 Å². The van der Waals surface area contributed by atoms with Crippen LogP contribution in [0.3, 0.4) is 0 Å². The van der Waals surface area contributed by atoms with Gasteiger partial charge in [-0.3, -0.25) is 0 Å². The number of halogens is 1. The Morgan fingerprint density at radius 1 is 1.50 bits per heavy atom. The van der Waals surface area contributed by atoms with E-state index in [9.17, 15) is 4.39 Å². The van der Waals surface area contributed by atoms with Crippen LogP contribution < -0.4 is 5.73 Å². The Labute approximate surface area is 87.9 Å². The van der Waals surface area contributed by atoms with Crippen molar-refractivity contribution in [1.82, 2.24) is 0 Å². The molecule has 0 bridgehead atoms. The molecule has 1 aliphatic rings. The lowest BCUT2D eigenvalue weighted by molar-refractivity contribution is 0.614. The third-order valence-corrected chi connectivity index (χ3v) is 3.52. The van der Waals surface area contributed by atoms with Gasteiger partial charge in [-0.15, -0.1) is 11.8 Å². The van der Waals surface area contributed by atoms with E-state index < -0.39 is 0 Å². The minimum absolute atomic E-state index is 0.0434. The molecule has 3 heteroatoms. The second kappa shape index (κ2) is 3.55. The third kappa shape index (κ3) is 2.10. The van der Waals surface area contributed by atoms with Crippen molar-refractivity contribution in [1.29, 1.82) is 0 Å². The van der Waals surface area contributed by atoms with Crippen LogP contribution in [0.4, 0.5) is 4.39 Å². The summed E-state index contributed by atoms with van der Waals surface area (Å²) in [7, 11) is 0. The summed E-state index contributed by atoms with van der Waals surface area (Å²) in [5.41, 5.74) is 7.03. The molecule has 1 nitrogen and oxygen atoms in total. The molecule has 0 unspecified atom stereocenters. The first kappa shape index (κ1) is 9.99. The van der Waals surface area contributed by atoms with Gasteiger partial charge in [0.25, 0.3) is 0 Å². The van der Waals surface area contributed by atoms with E-state index in [1.54, 1.807) is 17.8 Å². The maximum Gasteiger partial charge on any atom is 0.123 e. The summed E-state index contributed by atoms with van der Waals surface area (Å²) in [6.45, 7) is 0. The number of benzene rings is 1. The van der Waals surface area contributed by atoms with Crippen molar-refractivity contribution in [3.8, 4) is 0 Å². The van der Waals surface area contributed by atoms with Crippen LogP contribution in [0.25, 0.3) is 0 Å². The van der Waals surface area contributed by atoms with Gasteiger partial charge in [0.1, 0.15) is 5.82 Å². The first-order valence-electron chi connectivity index (χ1n) is 4.74. The molecule has 1 fully saturated rings. The number of hydrogen-bond acceptors (Lipinski definition) is 2. The zero-order valence-corrected chi connectivity index (χ0v) is 9.03. The molecule has 0 saturated heterocycles. The molecule has 14 heavy (non-hydrogen) atoms. The van der Waals surface area contributed by atoms with Gasteiger partial charge in [0.05, 0.1) is 0 Å². The molecule has 1 aromatic rings. The Bertz CT molecular complexity index is 347. The Balaban J connectivity index is 2.25. The first-order valence-corrected chi connectivity index (χ1v) is 5.97. The highest BCUT2D eigenvalue weighted by Gasteiger charge is 2.38. The minimum Gasteiger partial charge on any atom is -0.325 e. The van der Waals surface area contributed by atoms with E-state index in [4.69, 9.17) is 5.73 Å². The van der Waals surface area contributed by atoms with Crippen LogP contribution in [0, 0.1) is 5.82 Å². The Morgan fingerprint density at radius 3 is 2.79 bits per heavy atom. The van der Waals surface area contributed by atoms with Crippen LogP contribution in [0.2, 0.25) is 0 Å². The van der Waals surface area contributed by atoms with E-state index in [1.807, 2.05) is 12.3 Å². The molecule has 2 N–H and O–H groups in total. The van der Waals surface area contributed by atoms with Crippen molar-refractivity contribution >= 4 is 11.8 Å². The standard InChI is InChI=1S/C11H14FNS/c1-14-10-3-2-9(12)6-8(10)7-11(13)4-5-11/h2-3,6H,4-5,7,13H2,1H3. The summed E-state index contributed by atoms with van der Waals surface area (Å²) in [5, 5.41) is 0. The Kier molecular flexibility index (Phi) is 2.54. The second-order valence-corrected chi connectivity index (χ2v) is 4.84. The highest BCUT2D eigenvalue weighted by atomic mass is 32.2. The van der Waals surface area contributed by atoms with Crippen LogP contribution in [0.15, 0.2) is 23.1 Å². The van der Waals surface area contributed by atoms with Gasteiger partial charge >= 0.3 is 0 Å². The molecular formula is C11H14FNS. The van der Waals surface area contributed by atoms with Gasteiger partial charge < -0.3 is 5.73 Å². The summed E-state index contributed by atoms with van der Waals surface area (Å²) in [5.74, 6) is -0.165. The lowest BCUT2D eigenvalue weighted by Crippen LogP contribution is -2.24. The smallest absolute Gasteiger partial charge is 0.123 e. The van der Waals surface area contributed by atoms with Crippen molar-refractivity contribution in [3.05, 3.63) is 29.6 Å². The van der Waals surface area contributed by atoms with Crippen molar-refractivity contribution in [2.24, 2.45) is 5.73 Å². The molecule has 0 aromatic heterocycles. The fourth-order valence-electron chi connectivity index (χ4n) is 1.60. The number of rotatable bonds is 3. The van der Waals surface area contributed by atoms with Crippen LogP contribution in [0.5, 0.6) is 0 Å². The zero-order chi connectivity index (χ0) is 10.2. The topological polar surface area (TPSA) is 26.0 Å². The highest BCUT2D eigenvalue weighted by Crippen LogP contribution is 2.37. The van der Waals surface area contributed by atoms with E-state index in [-0.39, 0.29) is 11.4 Å². The fraction of sp³-hybridized carbons (Fsp3) is 0.455. The summed E-state index contributed by atoms with van der Waals surface area (Å²) in [6.07, 6.45) is 4.95. The Morgan fingerprint density at radius 2 is 2.21 bits per heavy atom. The molecule has 1 aliphatic carbocycles. The number of nitrogens with two attached hydrogens (primary N) is 1. The Hall–Kier alpha value is -0.540. The van der Waals surface area contributed by atoms with Gasteiger partial charge in [-0.25, -0.2) is 4.39 Å². The maximum atomic E-state index is 13.0. The predicted octanol–water partition coefficient (Wildman–Crippen LogP) is 2.58. The number of hydrogen-bond donors (Lipinski definition) is 1. The molecule has 0 heterocycles. The summed E-state index contributed by atoms with van der Waals surface area (Å²) in [4.78, 5) is 1.14. The van der Waals surface area contributed by atoms with Gasteiger partial charge in [0.15, 0.2) is 0 Å². The second-order valence-electron chi connectivity index (χ2n) is 4.00. The third-order valence-electron chi connectivity index (χ3n) is 2.68. The quantitative estimate of drug-likeness (QED) is 0.778. The molecule has 0 radical (unpaired) electrons. The van der Waals surface area contributed by atoms with Gasteiger partial charge in [0.2, 0.25) is 0 Å². The lowest BCUT2D eigenvalue weighted by atomic mass is 10.1. The first-order chi connectivity index (χ1) is 6.63. The molecule has 0 atom stereocenters. The monoisotopic (exact) mass is 211 g/mol. The molecule has 0 spiro atoms. The molecule has 0 aliphatic heterocycles. The van der Waals surface area contributed by atoms with Crippen LogP contribution in [0.1, 0.15) is 18.4 Å². The van der Waals surface area contributed by atoms with E-state index in [0.29, 0.717) is 0 Å². The summed E-state index contributed by atoms with van der Waals surface area (Å²) >= 11 is 1.65. The van der Waals surface area contributed by atoms with E-state index >= 15 is 0 Å². The fourth-order valence-corrected chi connectivity index (χ4v) is 2.20. The number of thioether (sulfide) groups is 1. The molecule has 0 amide bonds. The van der Waals surface area contributed by atoms with Gasteiger partial charge in [0, 0.05) is 10.4 Å². The largest absolute Gasteiger partial charge is 0.325 e. The normalized spacial score (nSPS) is 18.2. The summed E-state index contributed by atoms with van der Waals surface area (Å²) in [6, 6.07) is 4.95. The van der Waals surface area contributed by atoms with Crippen LogP contribution in [-0.2, 0) is 6.42 Å². The van der Waals surface area contributed by atoms with Gasteiger partial charge in [-0.05, 0) is 49.3 Å². The van der Waals surface area contributed by atoms with Crippen molar-refractivity contribution in [3.63, 3.8) is 0 Å². The van der Waals surface area contributed by atoms with Crippen LogP contribution in [-0.4, -0.2) is 11.8 Å². The zero-order valence-electron chi connectivity index (χ0n) is 8.22. The van der Waals surface area contributed by atoms with E-state index in [2.05, 4.69) is 0 Å². The summed E-state index contributed by atoms with van der Waals surface area (Å²) < 4.78 is 13.0. The molecule has 76 valence electrons. The van der Waals surface area contributed by atoms with E-state index in [1.165, 1.54) is 6.07 Å². The molecule has 1 aromatic carbocycles. The molecule has 1 saturated carbocycles. The molecule has 2 rings (SSSR count). The van der Waals surface area contributed by atoms with Crippen molar-refractivity contribution in [2.75, 3.05) is 6.26 Å². The van der Waals surface area contributed by atoms with Gasteiger partial charge in [-0.1, -0.05) is 0 Å². The molecular weight excluding hydrogens is 197 g/mol. The van der Waals surface area contributed by atoms with Crippen molar-refractivity contribution in [2.45, 2.75) is 29.7 Å². The maximum absolute atomic E-state index is 13.0. The minimum atomic E-state index is -0.165. The highest BCUT2D eigenvalue weighted by molar-refractivity contribution is 7.98. The van der Waals surface area contributed by atoms with Crippen LogP contribution >= 0.6 is 11.8 Å². The van der Waals surface area contributed by atoms with Gasteiger partial charge in [-0.2, -0.15) is 0 Å². The lowest BCUT2D eigenvalue weighted by Gasteiger charge is -2.12. The average Bonchev–Trinajstić information content (AvgIpc) is 2.84. The SMILES string of the molecule is CSc1ccc(F)cc1CC1(N)CC1. The predicted molar refractivity (Wildman–Crippen MR) is 58.0 cm³/mol.